The molecule has 0 bridgehead atoms. The number of hydrogen-bond donors (Lipinski definition) is 1. The van der Waals surface area contributed by atoms with Gasteiger partial charge < -0.3 is 10.5 Å². The summed E-state index contributed by atoms with van der Waals surface area (Å²) >= 11 is 0. The lowest BCUT2D eigenvalue weighted by molar-refractivity contribution is 0.175. The monoisotopic (exact) mass is 219 g/mol. The molecule has 0 radical (unpaired) electrons. The third-order valence-electron chi connectivity index (χ3n) is 3.32. The molecule has 0 amide bonds. The van der Waals surface area contributed by atoms with Gasteiger partial charge in [-0.3, -0.25) is 0 Å². The molecule has 88 valence electrons. The number of aryl methyl sites for hydroxylation is 1. The number of fused-ring (bicyclic) bond motifs is 1. The molecular formula is C14H21NO. The highest BCUT2D eigenvalue weighted by atomic mass is 16.5. The summed E-state index contributed by atoms with van der Waals surface area (Å²) in [5.74, 6) is 1.52. The van der Waals surface area contributed by atoms with Crippen LogP contribution < -0.4 is 10.5 Å². The number of hydrogen-bond acceptors (Lipinski definition) is 2. The van der Waals surface area contributed by atoms with Gasteiger partial charge in [0, 0.05) is 18.0 Å². The van der Waals surface area contributed by atoms with Crippen LogP contribution in [0.2, 0.25) is 0 Å². The molecular weight excluding hydrogens is 198 g/mol. The Labute approximate surface area is 97.8 Å². The molecule has 0 saturated carbocycles. The molecule has 1 aliphatic heterocycles. The molecule has 2 N–H and O–H groups in total. The first kappa shape index (κ1) is 11.5. The zero-order chi connectivity index (χ0) is 11.9. The van der Waals surface area contributed by atoms with Crippen LogP contribution in [-0.4, -0.2) is 6.10 Å². The summed E-state index contributed by atoms with van der Waals surface area (Å²) in [6.07, 6.45) is 1.14. The summed E-state index contributed by atoms with van der Waals surface area (Å²) in [6.45, 7) is 8.59. The summed E-state index contributed by atoms with van der Waals surface area (Å²) in [6, 6.07) is 4.45. The van der Waals surface area contributed by atoms with E-state index in [-0.39, 0.29) is 12.1 Å². The maximum atomic E-state index is 6.26. The lowest BCUT2D eigenvalue weighted by Gasteiger charge is -2.32. The smallest absolute Gasteiger partial charge is 0.127 e. The van der Waals surface area contributed by atoms with Crippen LogP contribution >= 0.6 is 0 Å². The second-order valence-corrected chi connectivity index (χ2v) is 5.14. The summed E-state index contributed by atoms with van der Waals surface area (Å²) < 4.78 is 5.94. The normalized spacial score (nSPS) is 24.1. The van der Waals surface area contributed by atoms with E-state index in [1.165, 1.54) is 16.7 Å². The van der Waals surface area contributed by atoms with Crippen LogP contribution in [0.4, 0.5) is 0 Å². The molecule has 16 heavy (non-hydrogen) atoms. The fourth-order valence-electron chi connectivity index (χ4n) is 2.49. The van der Waals surface area contributed by atoms with Crippen LogP contribution in [0.3, 0.4) is 0 Å². The minimum atomic E-state index is 0.121. The molecule has 2 atom stereocenters. The Balaban J connectivity index is 2.58. The number of nitrogens with two attached hydrogens (primary N) is 1. The van der Waals surface area contributed by atoms with Gasteiger partial charge in [-0.25, -0.2) is 0 Å². The Hall–Kier alpha value is -1.02. The lowest BCUT2D eigenvalue weighted by Crippen LogP contribution is -2.29. The topological polar surface area (TPSA) is 35.2 Å². The maximum absolute atomic E-state index is 6.26. The second-order valence-electron chi connectivity index (χ2n) is 5.14. The second kappa shape index (κ2) is 4.10. The molecule has 1 aromatic rings. The lowest BCUT2D eigenvalue weighted by atomic mass is 9.87. The van der Waals surface area contributed by atoms with Crippen molar-refractivity contribution in [2.24, 2.45) is 5.73 Å². The molecule has 2 nitrogen and oxygen atoms in total. The number of benzene rings is 1. The highest BCUT2D eigenvalue weighted by Gasteiger charge is 2.27. The molecule has 0 saturated heterocycles. The van der Waals surface area contributed by atoms with Gasteiger partial charge in [0.1, 0.15) is 5.75 Å². The summed E-state index contributed by atoms with van der Waals surface area (Å²) in [5, 5.41) is 0. The average Bonchev–Trinajstić information content (AvgIpc) is 2.19. The van der Waals surface area contributed by atoms with Crippen molar-refractivity contribution in [2.45, 2.75) is 52.2 Å². The van der Waals surface area contributed by atoms with Gasteiger partial charge in [-0.1, -0.05) is 26.0 Å². The highest BCUT2D eigenvalue weighted by molar-refractivity contribution is 5.50. The van der Waals surface area contributed by atoms with Crippen LogP contribution in [0.25, 0.3) is 0 Å². The van der Waals surface area contributed by atoms with E-state index in [0.29, 0.717) is 5.92 Å². The predicted octanol–water partition coefficient (Wildman–Crippen LogP) is 3.29. The van der Waals surface area contributed by atoms with Crippen LogP contribution in [0, 0.1) is 6.92 Å². The van der Waals surface area contributed by atoms with Crippen LogP contribution in [0.15, 0.2) is 12.1 Å². The summed E-state index contributed by atoms with van der Waals surface area (Å²) in [7, 11) is 0. The molecule has 1 heterocycles. The van der Waals surface area contributed by atoms with E-state index >= 15 is 0 Å². The minimum Gasteiger partial charge on any atom is -0.490 e. The molecule has 0 spiro atoms. The van der Waals surface area contributed by atoms with Gasteiger partial charge >= 0.3 is 0 Å². The van der Waals surface area contributed by atoms with Crippen molar-refractivity contribution in [2.75, 3.05) is 0 Å². The molecule has 1 aliphatic rings. The highest BCUT2D eigenvalue weighted by Crippen LogP contribution is 2.40. The Morgan fingerprint density at radius 1 is 1.38 bits per heavy atom. The zero-order valence-corrected chi connectivity index (χ0v) is 10.6. The predicted molar refractivity (Wildman–Crippen MR) is 66.9 cm³/mol. The van der Waals surface area contributed by atoms with Gasteiger partial charge in [-0.15, -0.1) is 0 Å². The largest absolute Gasteiger partial charge is 0.490 e. The average molecular weight is 219 g/mol. The Morgan fingerprint density at radius 3 is 2.69 bits per heavy atom. The molecule has 0 aromatic heterocycles. The van der Waals surface area contributed by atoms with Gasteiger partial charge in [-0.2, -0.15) is 0 Å². The van der Waals surface area contributed by atoms with E-state index in [2.05, 4.69) is 39.8 Å². The van der Waals surface area contributed by atoms with Crippen molar-refractivity contribution in [3.8, 4) is 5.75 Å². The summed E-state index contributed by atoms with van der Waals surface area (Å²) in [5.41, 5.74) is 10.0. The summed E-state index contributed by atoms with van der Waals surface area (Å²) in [4.78, 5) is 0. The SMILES string of the molecule is Cc1ccc(C(C)C)c2c1OC(C)CC2N. The van der Waals surface area contributed by atoms with E-state index in [1.807, 2.05) is 0 Å². The molecule has 2 unspecified atom stereocenters. The third-order valence-corrected chi connectivity index (χ3v) is 3.32. The maximum Gasteiger partial charge on any atom is 0.127 e. The van der Waals surface area contributed by atoms with Gasteiger partial charge in [0.05, 0.1) is 6.10 Å². The standard InChI is InChI=1S/C14H21NO/c1-8(2)11-6-5-9(3)14-13(11)12(15)7-10(4)16-14/h5-6,8,10,12H,7,15H2,1-4H3. The molecule has 2 rings (SSSR count). The first-order valence-corrected chi connectivity index (χ1v) is 6.06. The van der Waals surface area contributed by atoms with Gasteiger partial charge in [0.2, 0.25) is 0 Å². The van der Waals surface area contributed by atoms with Gasteiger partial charge in [0.15, 0.2) is 0 Å². The first-order valence-electron chi connectivity index (χ1n) is 6.06. The van der Waals surface area contributed by atoms with Crippen molar-refractivity contribution in [3.05, 3.63) is 28.8 Å². The minimum absolute atomic E-state index is 0.121. The van der Waals surface area contributed by atoms with Gasteiger partial charge in [0.25, 0.3) is 0 Å². The van der Waals surface area contributed by atoms with E-state index in [4.69, 9.17) is 10.5 Å². The van der Waals surface area contributed by atoms with Crippen molar-refractivity contribution in [1.29, 1.82) is 0 Å². The Bertz CT molecular complexity index is 398. The van der Waals surface area contributed by atoms with Crippen molar-refractivity contribution >= 4 is 0 Å². The molecule has 1 aromatic carbocycles. The fraction of sp³-hybridized carbons (Fsp3) is 0.571. The van der Waals surface area contributed by atoms with Crippen LogP contribution in [0.1, 0.15) is 55.8 Å². The van der Waals surface area contributed by atoms with E-state index in [9.17, 15) is 0 Å². The Kier molecular flexibility index (Phi) is 2.94. The van der Waals surface area contributed by atoms with Gasteiger partial charge in [-0.05, 0) is 30.9 Å². The van der Waals surface area contributed by atoms with Crippen molar-refractivity contribution < 1.29 is 4.74 Å². The Morgan fingerprint density at radius 2 is 2.06 bits per heavy atom. The molecule has 0 fully saturated rings. The zero-order valence-electron chi connectivity index (χ0n) is 10.6. The fourth-order valence-corrected chi connectivity index (χ4v) is 2.49. The van der Waals surface area contributed by atoms with Crippen molar-refractivity contribution in [1.82, 2.24) is 0 Å². The molecule has 0 aliphatic carbocycles. The third kappa shape index (κ3) is 1.82. The number of ether oxygens (including phenoxy) is 1. The van der Waals surface area contributed by atoms with E-state index in [1.54, 1.807) is 0 Å². The first-order chi connectivity index (χ1) is 7.50. The molecule has 2 heteroatoms. The van der Waals surface area contributed by atoms with Crippen LogP contribution in [0.5, 0.6) is 5.75 Å². The number of rotatable bonds is 1. The van der Waals surface area contributed by atoms with Crippen LogP contribution in [-0.2, 0) is 0 Å². The quantitative estimate of drug-likeness (QED) is 0.786. The van der Waals surface area contributed by atoms with E-state index in [0.717, 1.165) is 12.2 Å². The van der Waals surface area contributed by atoms with E-state index < -0.39 is 0 Å². The van der Waals surface area contributed by atoms with Crippen molar-refractivity contribution in [3.63, 3.8) is 0 Å².